The molecule has 0 spiro atoms. The van der Waals surface area contributed by atoms with Gasteiger partial charge in [0.25, 0.3) is 0 Å². The molecule has 2 aliphatic rings. The summed E-state index contributed by atoms with van der Waals surface area (Å²) in [5, 5.41) is 17.8. The molecule has 0 aliphatic heterocycles. The number of aryl methyl sites for hydroxylation is 1. The van der Waals surface area contributed by atoms with E-state index in [9.17, 15) is 9.90 Å². The molecule has 2 aliphatic carbocycles. The van der Waals surface area contributed by atoms with Crippen LogP contribution in [0, 0.1) is 18.3 Å². The SMILES string of the molecule is Cc1nnc(C2C(C(=O)O)C2(C)C)n1C1CCCC1. The number of hydrogen-bond acceptors (Lipinski definition) is 3. The Morgan fingerprint density at radius 1 is 1.32 bits per heavy atom. The summed E-state index contributed by atoms with van der Waals surface area (Å²) in [4.78, 5) is 11.3. The van der Waals surface area contributed by atoms with Gasteiger partial charge in [0.15, 0.2) is 0 Å². The summed E-state index contributed by atoms with van der Waals surface area (Å²) in [6.07, 6.45) is 4.82. The molecule has 1 heterocycles. The number of carbonyl (C=O) groups is 1. The van der Waals surface area contributed by atoms with Gasteiger partial charge in [-0.15, -0.1) is 10.2 Å². The monoisotopic (exact) mass is 263 g/mol. The van der Waals surface area contributed by atoms with Crippen molar-refractivity contribution in [3.05, 3.63) is 11.6 Å². The van der Waals surface area contributed by atoms with E-state index in [2.05, 4.69) is 14.8 Å². The molecule has 0 amide bonds. The van der Waals surface area contributed by atoms with Crippen LogP contribution in [0.4, 0.5) is 0 Å². The van der Waals surface area contributed by atoms with E-state index < -0.39 is 5.97 Å². The lowest BCUT2D eigenvalue weighted by atomic mass is 10.1. The third-order valence-corrected chi connectivity index (χ3v) is 4.95. The Morgan fingerprint density at radius 3 is 2.47 bits per heavy atom. The van der Waals surface area contributed by atoms with Crippen molar-refractivity contribution in [1.82, 2.24) is 14.8 Å². The highest BCUT2D eigenvalue weighted by atomic mass is 16.4. The maximum atomic E-state index is 11.3. The molecule has 19 heavy (non-hydrogen) atoms. The molecule has 3 rings (SSSR count). The molecule has 0 saturated heterocycles. The van der Waals surface area contributed by atoms with E-state index in [-0.39, 0.29) is 17.3 Å². The van der Waals surface area contributed by atoms with Crippen molar-refractivity contribution in [2.24, 2.45) is 11.3 Å². The minimum absolute atomic E-state index is 0.00630. The predicted octanol–water partition coefficient (Wildman–Crippen LogP) is 2.53. The van der Waals surface area contributed by atoms with E-state index in [1.165, 1.54) is 12.8 Å². The van der Waals surface area contributed by atoms with Gasteiger partial charge in [0.05, 0.1) is 5.92 Å². The molecule has 5 nitrogen and oxygen atoms in total. The van der Waals surface area contributed by atoms with Crippen LogP contribution in [0.2, 0.25) is 0 Å². The quantitative estimate of drug-likeness (QED) is 0.909. The van der Waals surface area contributed by atoms with Gasteiger partial charge in [0.2, 0.25) is 0 Å². The molecule has 0 aromatic carbocycles. The van der Waals surface area contributed by atoms with E-state index in [0.29, 0.717) is 6.04 Å². The topological polar surface area (TPSA) is 68.0 Å². The van der Waals surface area contributed by atoms with Crippen molar-refractivity contribution >= 4 is 5.97 Å². The van der Waals surface area contributed by atoms with E-state index in [4.69, 9.17) is 0 Å². The Hall–Kier alpha value is -1.39. The second kappa shape index (κ2) is 4.05. The fraction of sp³-hybridized carbons (Fsp3) is 0.786. The van der Waals surface area contributed by atoms with Crippen LogP contribution < -0.4 is 0 Å². The molecule has 0 radical (unpaired) electrons. The van der Waals surface area contributed by atoms with E-state index in [1.807, 2.05) is 20.8 Å². The maximum Gasteiger partial charge on any atom is 0.307 e. The summed E-state index contributed by atoms with van der Waals surface area (Å²) in [6.45, 7) is 6.00. The Labute approximate surface area is 113 Å². The third kappa shape index (κ3) is 1.78. The number of carboxylic acid groups (broad SMARTS) is 1. The molecule has 1 aromatic rings. The predicted molar refractivity (Wildman–Crippen MR) is 69.9 cm³/mol. The van der Waals surface area contributed by atoms with Gasteiger partial charge in [-0.05, 0) is 25.2 Å². The first kappa shape index (κ1) is 12.6. The Morgan fingerprint density at radius 2 is 1.95 bits per heavy atom. The standard InChI is InChI=1S/C14H21N3O2/c1-8-15-16-12(17(8)9-6-4-5-7-9)10-11(13(18)19)14(10,2)3/h9-11H,4-7H2,1-3H3,(H,18,19). The summed E-state index contributed by atoms with van der Waals surface area (Å²) in [7, 11) is 0. The smallest absolute Gasteiger partial charge is 0.307 e. The van der Waals surface area contributed by atoms with Crippen molar-refractivity contribution in [2.45, 2.75) is 58.4 Å². The van der Waals surface area contributed by atoms with Gasteiger partial charge in [-0.1, -0.05) is 26.7 Å². The molecule has 5 heteroatoms. The zero-order valence-corrected chi connectivity index (χ0v) is 11.8. The fourth-order valence-corrected chi connectivity index (χ4v) is 3.79. The summed E-state index contributed by atoms with van der Waals surface area (Å²) in [5.41, 5.74) is -0.207. The van der Waals surface area contributed by atoms with Crippen LogP contribution in [0.15, 0.2) is 0 Å². The van der Waals surface area contributed by atoms with Crippen molar-refractivity contribution in [3.8, 4) is 0 Å². The number of aromatic nitrogens is 3. The van der Waals surface area contributed by atoms with Gasteiger partial charge < -0.3 is 9.67 Å². The lowest BCUT2D eigenvalue weighted by Gasteiger charge is -2.16. The molecule has 2 atom stereocenters. The number of nitrogens with zero attached hydrogens (tertiary/aromatic N) is 3. The van der Waals surface area contributed by atoms with Gasteiger partial charge in [-0.2, -0.15) is 0 Å². The minimum atomic E-state index is -0.714. The second-order valence-corrected chi connectivity index (χ2v) is 6.53. The van der Waals surface area contributed by atoms with Gasteiger partial charge in [-0.25, -0.2) is 0 Å². The number of rotatable bonds is 3. The second-order valence-electron chi connectivity index (χ2n) is 6.53. The number of hydrogen-bond donors (Lipinski definition) is 1. The zero-order chi connectivity index (χ0) is 13.8. The third-order valence-electron chi connectivity index (χ3n) is 4.95. The van der Waals surface area contributed by atoms with Crippen molar-refractivity contribution in [2.75, 3.05) is 0 Å². The Balaban J connectivity index is 1.96. The molecular weight excluding hydrogens is 242 g/mol. The van der Waals surface area contributed by atoms with Crippen molar-refractivity contribution in [3.63, 3.8) is 0 Å². The molecule has 1 N–H and O–H groups in total. The Bertz CT molecular complexity index is 515. The largest absolute Gasteiger partial charge is 0.481 e. The Kier molecular flexibility index (Phi) is 2.69. The highest BCUT2D eigenvalue weighted by molar-refractivity contribution is 5.77. The molecule has 2 fully saturated rings. The fourth-order valence-electron chi connectivity index (χ4n) is 3.79. The molecule has 1 aromatic heterocycles. The van der Waals surface area contributed by atoms with Crippen LogP contribution in [-0.2, 0) is 4.79 Å². The summed E-state index contributed by atoms with van der Waals surface area (Å²) in [6, 6.07) is 0.468. The number of carboxylic acids is 1. The average Bonchev–Trinajstić information content (AvgIpc) is 2.76. The summed E-state index contributed by atoms with van der Waals surface area (Å²) < 4.78 is 2.21. The average molecular weight is 263 g/mol. The molecule has 0 bridgehead atoms. The normalized spacial score (nSPS) is 29.6. The summed E-state index contributed by atoms with van der Waals surface area (Å²) in [5.74, 6) is 0.784. The minimum Gasteiger partial charge on any atom is -0.481 e. The molecule has 2 saturated carbocycles. The van der Waals surface area contributed by atoms with E-state index >= 15 is 0 Å². The van der Waals surface area contributed by atoms with E-state index in [1.54, 1.807) is 0 Å². The first-order valence-electron chi connectivity index (χ1n) is 7.08. The van der Waals surface area contributed by atoms with Crippen LogP contribution in [0.1, 0.15) is 63.1 Å². The molecule has 104 valence electrons. The van der Waals surface area contributed by atoms with Gasteiger partial charge in [-0.3, -0.25) is 4.79 Å². The lowest BCUT2D eigenvalue weighted by molar-refractivity contribution is -0.139. The highest BCUT2D eigenvalue weighted by Crippen LogP contribution is 2.64. The first-order valence-corrected chi connectivity index (χ1v) is 7.08. The van der Waals surface area contributed by atoms with E-state index in [0.717, 1.165) is 24.5 Å². The van der Waals surface area contributed by atoms with Crippen LogP contribution in [-0.4, -0.2) is 25.8 Å². The lowest BCUT2D eigenvalue weighted by Crippen LogP contribution is -2.12. The summed E-state index contributed by atoms with van der Waals surface area (Å²) >= 11 is 0. The highest BCUT2D eigenvalue weighted by Gasteiger charge is 2.65. The van der Waals surface area contributed by atoms with Crippen LogP contribution in [0.5, 0.6) is 0 Å². The van der Waals surface area contributed by atoms with Crippen LogP contribution in [0.3, 0.4) is 0 Å². The van der Waals surface area contributed by atoms with Crippen LogP contribution in [0.25, 0.3) is 0 Å². The van der Waals surface area contributed by atoms with Crippen molar-refractivity contribution in [1.29, 1.82) is 0 Å². The van der Waals surface area contributed by atoms with Gasteiger partial charge in [0, 0.05) is 12.0 Å². The molecular formula is C14H21N3O2. The molecule has 2 unspecified atom stereocenters. The zero-order valence-electron chi connectivity index (χ0n) is 11.8. The van der Waals surface area contributed by atoms with Crippen molar-refractivity contribution < 1.29 is 9.90 Å². The number of aliphatic carboxylic acids is 1. The van der Waals surface area contributed by atoms with Gasteiger partial charge >= 0.3 is 5.97 Å². The first-order chi connectivity index (χ1) is 8.94. The van der Waals surface area contributed by atoms with Crippen LogP contribution >= 0.6 is 0 Å². The van der Waals surface area contributed by atoms with Gasteiger partial charge in [0.1, 0.15) is 11.6 Å². The maximum absolute atomic E-state index is 11.3.